The fraction of sp³-hybridized carbons (Fsp3) is 0.355. The van der Waals surface area contributed by atoms with E-state index in [9.17, 15) is 30.8 Å². The summed E-state index contributed by atoms with van der Waals surface area (Å²) in [5.74, 6) is -0.331. The Labute approximate surface area is 291 Å². The van der Waals surface area contributed by atoms with E-state index < -0.39 is 45.2 Å². The third-order valence-corrected chi connectivity index (χ3v) is 8.71. The molecule has 2 heterocycles. The number of nitrogens with one attached hydrogen (secondary N) is 1. The lowest BCUT2D eigenvalue weighted by molar-refractivity contribution is -0.140. The van der Waals surface area contributed by atoms with Crippen molar-refractivity contribution in [2.45, 2.75) is 26.7 Å². The molecule has 2 aliphatic rings. The van der Waals surface area contributed by atoms with E-state index in [2.05, 4.69) is 8.80 Å². The minimum absolute atomic E-state index is 0.00731. The molecule has 2 N–H and O–H groups in total. The number of allylic oxidation sites excluding steroid dienone is 2. The van der Waals surface area contributed by atoms with Gasteiger partial charge in [-0.25, -0.2) is 13.9 Å². The summed E-state index contributed by atoms with van der Waals surface area (Å²) >= 11 is 0. The number of methoxy groups -OCH3 is 4. The maximum Gasteiger partial charge on any atom is 0.355 e. The van der Waals surface area contributed by atoms with Gasteiger partial charge in [0.15, 0.2) is 23.0 Å². The number of alkyl halides is 1. The second-order valence-electron chi connectivity index (χ2n) is 9.75. The molecule has 0 fully saturated rings. The van der Waals surface area contributed by atoms with Crippen LogP contribution in [0.15, 0.2) is 68.7 Å². The quantitative estimate of drug-likeness (QED) is 0.301. The predicted molar refractivity (Wildman–Crippen MR) is 182 cm³/mol. The first-order valence-electron chi connectivity index (χ1n) is 15.2. The van der Waals surface area contributed by atoms with E-state index in [1.807, 2.05) is 18.6 Å². The lowest BCUT2D eigenvalue weighted by atomic mass is 10.1. The van der Waals surface area contributed by atoms with E-state index in [4.69, 9.17) is 30.2 Å². The maximum atomic E-state index is 12.7. The summed E-state index contributed by atoms with van der Waals surface area (Å²) < 4.78 is 99.9. The normalized spacial score (nSPS) is 15.7. The molecule has 0 unspecified atom stereocenters. The first-order valence-corrected chi connectivity index (χ1v) is 17.4. The second-order valence-corrected chi connectivity index (χ2v) is 12.6. The van der Waals surface area contributed by atoms with Gasteiger partial charge >= 0.3 is 32.4 Å². The van der Waals surface area contributed by atoms with Gasteiger partial charge in [-0.15, -0.1) is 8.80 Å². The van der Waals surface area contributed by atoms with Crippen LogP contribution >= 0.6 is 0 Å². The van der Waals surface area contributed by atoms with Crippen LogP contribution in [0.5, 0.6) is 23.0 Å². The predicted octanol–water partition coefficient (Wildman–Crippen LogP) is 3.20. The Kier molecular flexibility index (Phi) is 14.6. The van der Waals surface area contributed by atoms with Gasteiger partial charge in [-0.1, -0.05) is 13.8 Å². The molecule has 0 spiro atoms. The molecule has 0 atom stereocenters. The van der Waals surface area contributed by atoms with Crippen molar-refractivity contribution < 1.29 is 61.0 Å². The van der Waals surface area contributed by atoms with Crippen molar-refractivity contribution in [1.82, 2.24) is 9.03 Å². The number of rotatable bonds is 12. The number of hydrogen-bond donors (Lipinski definition) is 2. The fourth-order valence-corrected chi connectivity index (χ4v) is 6.43. The highest BCUT2D eigenvalue weighted by molar-refractivity contribution is 7.88. The van der Waals surface area contributed by atoms with E-state index in [1.54, 1.807) is 30.3 Å². The average Bonchev–Trinajstić information content (AvgIpc) is 3.10. The van der Waals surface area contributed by atoms with Gasteiger partial charge in [0.2, 0.25) is 0 Å². The summed E-state index contributed by atoms with van der Waals surface area (Å²) in [6, 6.07) is 9.53. The summed E-state index contributed by atoms with van der Waals surface area (Å²) in [6.45, 7) is 4.02. The van der Waals surface area contributed by atoms with Crippen LogP contribution in [0.2, 0.25) is 0 Å². The topological polar surface area (TPSA) is 209 Å². The van der Waals surface area contributed by atoms with Gasteiger partial charge < -0.3 is 28.8 Å². The number of esters is 1. The van der Waals surface area contributed by atoms with Gasteiger partial charge in [-0.2, -0.15) is 16.8 Å². The zero-order valence-electron chi connectivity index (χ0n) is 29.1. The largest absolute Gasteiger partial charge is 0.493 e. The lowest BCUT2D eigenvalue weighted by Crippen LogP contribution is -2.37. The van der Waals surface area contributed by atoms with E-state index in [-0.39, 0.29) is 30.3 Å². The highest BCUT2D eigenvalue weighted by Crippen LogP contribution is 2.31. The van der Waals surface area contributed by atoms with Gasteiger partial charge in [-0.3, -0.25) is 9.11 Å². The number of benzene rings is 2. The molecule has 0 aromatic heterocycles. The number of carboxylic acid groups (broad SMARTS) is 1. The molecule has 0 radical (unpaired) electrons. The molecule has 0 saturated carbocycles. The molecular formula is C31H39FN4O12S2. The van der Waals surface area contributed by atoms with E-state index in [1.165, 1.54) is 40.6 Å². The lowest BCUT2D eigenvalue weighted by Gasteiger charge is -2.26. The SMILES string of the molecule is CCCOC(=O)C1=CC(c2ccc(OC)c(OC)c2)=NS(=O)(=O)N1CCC.COc1ccc(C2=NS(=O)(=O)NC(C(=O)O)=C2)cc1OC.[2H]CF. The molecule has 0 saturated heterocycles. The minimum atomic E-state index is -4.09. The molecule has 16 nitrogen and oxygen atoms in total. The molecule has 2 aromatic carbocycles. The van der Waals surface area contributed by atoms with Crippen molar-refractivity contribution in [2.75, 3.05) is 48.7 Å². The van der Waals surface area contributed by atoms with Gasteiger partial charge in [0, 0.05) is 17.7 Å². The number of aliphatic carboxylic acids is 1. The molecule has 50 heavy (non-hydrogen) atoms. The summed E-state index contributed by atoms with van der Waals surface area (Å²) in [7, 11) is -3.27. The van der Waals surface area contributed by atoms with E-state index >= 15 is 0 Å². The van der Waals surface area contributed by atoms with Crippen molar-refractivity contribution in [3.63, 3.8) is 0 Å². The van der Waals surface area contributed by atoms with Crippen LogP contribution in [0.25, 0.3) is 0 Å². The zero-order valence-corrected chi connectivity index (χ0v) is 29.8. The molecular weight excluding hydrogens is 703 g/mol. The Morgan fingerprint density at radius 3 is 1.78 bits per heavy atom. The fourth-order valence-electron chi connectivity index (χ4n) is 4.25. The number of nitrogens with zero attached hydrogens (tertiary/aromatic N) is 3. The first kappa shape index (κ1) is 39.3. The first-order chi connectivity index (χ1) is 24.1. The average molecular weight is 744 g/mol. The summed E-state index contributed by atoms with van der Waals surface area (Å²) in [5, 5.41) is 8.92. The minimum Gasteiger partial charge on any atom is -0.493 e. The van der Waals surface area contributed by atoms with Crippen LogP contribution in [0, 0.1) is 0 Å². The highest BCUT2D eigenvalue weighted by atomic mass is 32.2. The highest BCUT2D eigenvalue weighted by Gasteiger charge is 2.33. The summed E-state index contributed by atoms with van der Waals surface area (Å²) in [4.78, 5) is 23.4. The van der Waals surface area contributed by atoms with Gasteiger partial charge in [0.1, 0.15) is 11.4 Å². The Morgan fingerprint density at radius 1 is 0.840 bits per heavy atom. The smallest absolute Gasteiger partial charge is 0.355 e. The van der Waals surface area contributed by atoms with Crippen LogP contribution < -0.4 is 23.7 Å². The monoisotopic (exact) mass is 743 g/mol. The van der Waals surface area contributed by atoms with E-state index in [0.717, 1.165) is 10.4 Å². The molecule has 2 aliphatic heterocycles. The van der Waals surface area contributed by atoms with Crippen LogP contribution in [-0.4, -0.2) is 98.4 Å². The number of halogens is 1. The Balaban J connectivity index is 0.000000337. The number of hydrogen-bond acceptors (Lipinski definition) is 11. The van der Waals surface area contributed by atoms with Gasteiger partial charge in [0.25, 0.3) is 0 Å². The molecule has 0 bridgehead atoms. The number of ether oxygens (including phenoxy) is 5. The van der Waals surface area contributed by atoms with Crippen LogP contribution in [0.3, 0.4) is 0 Å². The van der Waals surface area contributed by atoms with Crippen LogP contribution in [-0.2, 0) is 34.7 Å². The number of carbonyl (C=O) groups excluding carboxylic acids is 1. The summed E-state index contributed by atoms with van der Waals surface area (Å²) in [6.07, 6.45) is 3.72. The Bertz CT molecular complexity index is 1920. The third kappa shape index (κ3) is 10.4. The second kappa shape index (κ2) is 18.6. The molecule has 0 aliphatic carbocycles. The van der Waals surface area contributed by atoms with Crippen LogP contribution in [0.4, 0.5) is 4.39 Å². The maximum absolute atomic E-state index is 12.7. The molecule has 0 amide bonds. The molecule has 19 heteroatoms. The molecule has 2 aromatic rings. The van der Waals surface area contributed by atoms with E-state index in [0.29, 0.717) is 47.0 Å². The van der Waals surface area contributed by atoms with Crippen molar-refractivity contribution in [3.05, 3.63) is 71.1 Å². The number of carbonyl (C=O) groups is 2. The van der Waals surface area contributed by atoms with Crippen molar-refractivity contribution in [3.8, 4) is 23.0 Å². The molecule has 4 rings (SSSR count). The zero-order chi connectivity index (χ0) is 38.4. The Hall–Kier alpha value is -5.17. The Morgan fingerprint density at radius 2 is 1.34 bits per heavy atom. The third-order valence-electron chi connectivity index (χ3n) is 6.43. The van der Waals surface area contributed by atoms with Crippen molar-refractivity contribution in [2.24, 2.45) is 8.80 Å². The van der Waals surface area contributed by atoms with Gasteiger partial charge in [-0.05, 0) is 61.4 Å². The standard InChI is InChI=1S/C18H24N2O6S.C12H12N2O6S.CH3F/c1-5-9-20-15(18(21)26-10-6-2)12-14(19-27(20,22)23)13-7-8-16(24-3)17(11-13)25-4;1-19-10-4-3-7(5-11(10)20-2)8-6-9(12(15)16)14-21(17,18)13-8;1-2/h7-8,11-12H,5-6,9-10H2,1-4H3;3-6,14H,1-2H3,(H,15,16);1H3/i;;1D. The molecule has 274 valence electrons. The number of carboxylic acids is 1. The van der Waals surface area contributed by atoms with Gasteiger partial charge in [0.05, 0.1) is 55.0 Å². The van der Waals surface area contributed by atoms with Crippen molar-refractivity contribution in [1.29, 1.82) is 0 Å². The van der Waals surface area contributed by atoms with Crippen LogP contribution in [0.1, 0.15) is 39.2 Å². The summed E-state index contributed by atoms with van der Waals surface area (Å²) in [5.41, 5.74) is 0.461. The van der Waals surface area contributed by atoms with Crippen molar-refractivity contribution >= 4 is 43.8 Å².